The molecule has 1 atom stereocenters. The second kappa shape index (κ2) is 8.28. The van der Waals surface area contributed by atoms with Gasteiger partial charge in [0.1, 0.15) is 5.75 Å². The molecule has 4 rings (SSSR count). The fourth-order valence-corrected chi connectivity index (χ4v) is 4.65. The minimum absolute atomic E-state index is 0.00846. The lowest BCUT2D eigenvalue weighted by atomic mass is 10.1. The van der Waals surface area contributed by atoms with Crippen LogP contribution in [-0.4, -0.2) is 36.9 Å². The van der Waals surface area contributed by atoms with Gasteiger partial charge in [0.25, 0.3) is 5.91 Å². The van der Waals surface area contributed by atoms with Gasteiger partial charge in [-0.3, -0.25) is 14.4 Å². The van der Waals surface area contributed by atoms with Crippen molar-refractivity contribution < 1.29 is 23.9 Å². The smallest absolute Gasteiger partial charge is 0.308 e. The van der Waals surface area contributed by atoms with Crippen molar-refractivity contribution in [2.75, 3.05) is 18.1 Å². The van der Waals surface area contributed by atoms with Crippen LogP contribution < -0.4 is 9.64 Å². The first-order chi connectivity index (χ1) is 14.5. The predicted molar refractivity (Wildman–Crippen MR) is 115 cm³/mol. The highest BCUT2D eigenvalue weighted by Crippen LogP contribution is 2.34. The number of Topliss-reactive ketones (excluding diaryl/α,β-unsaturated/α-hetero) is 1. The monoisotopic (exact) mass is 423 g/mol. The van der Waals surface area contributed by atoms with Crippen molar-refractivity contribution in [3.8, 4) is 5.75 Å². The molecule has 1 amide bonds. The maximum Gasteiger partial charge on any atom is 0.308 e. The maximum absolute atomic E-state index is 12.6. The molecule has 2 heterocycles. The number of hydrogen-bond donors (Lipinski definition) is 0. The fourth-order valence-electron chi connectivity index (χ4n) is 3.52. The maximum atomic E-state index is 12.6. The number of ketones is 1. The van der Waals surface area contributed by atoms with E-state index < -0.39 is 12.1 Å². The van der Waals surface area contributed by atoms with Crippen LogP contribution >= 0.6 is 11.3 Å². The number of carbonyl (C=O) groups is 3. The molecule has 2 aromatic carbocycles. The molecule has 0 spiro atoms. The van der Waals surface area contributed by atoms with Gasteiger partial charge < -0.3 is 14.4 Å². The van der Waals surface area contributed by atoms with Gasteiger partial charge in [-0.15, -0.1) is 11.3 Å². The van der Waals surface area contributed by atoms with Gasteiger partial charge in [0.2, 0.25) is 5.78 Å². The molecule has 154 valence electrons. The predicted octanol–water partition coefficient (Wildman–Crippen LogP) is 4.14. The van der Waals surface area contributed by atoms with Gasteiger partial charge in [-0.05, 0) is 43.0 Å². The molecule has 1 aliphatic rings. The van der Waals surface area contributed by atoms with Crippen molar-refractivity contribution in [3.63, 3.8) is 0 Å². The summed E-state index contributed by atoms with van der Waals surface area (Å²) in [5.74, 6) is -0.345. The van der Waals surface area contributed by atoms with Crippen LogP contribution in [-0.2, 0) is 14.3 Å². The van der Waals surface area contributed by atoms with Crippen molar-refractivity contribution in [2.45, 2.75) is 26.4 Å². The molecular formula is C23H21NO5S. The summed E-state index contributed by atoms with van der Waals surface area (Å²) in [4.78, 5) is 39.4. The Kier molecular flexibility index (Phi) is 5.55. The Morgan fingerprint density at radius 1 is 1.13 bits per heavy atom. The summed E-state index contributed by atoms with van der Waals surface area (Å²) in [7, 11) is 0. The van der Waals surface area contributed by atoms with Crippen molar-refractivity contribution in [1.29, 1.82) is 0 Å². The third-order valence-corrected chi connectivity index (χ3v) is 6.39. The van der Waals surface area contributed by atoms with E-state index in [1.165, 1.54) is 16.2 Å². The first-order valence-electron chi connectivity index (χ1n) is 9.69. The molecule has 0 saturated heterocycles. The minimum Gasteiger partial charge on any atom is -0.479 e. The fraction of sp³-hybridized carbons (Fsp3) is 0.261. The van der Waals surface area contributed by atoms with Gasteiger partial charge in [0, 0.05) is 11.2 Å². The second-order valence-electron chi connectivity index (χ2n) is 7.10. The lowest BCUT2D eigenvalue weighted by Gasteiger charge is -2.32. The Labute approximate surface area is 178 Å². The van der Waals surface area contributed by atoms with E-state index in [1.54, 1.807) is 19.1 Å². The van der Waals surface area contributed by atoms with Crippen molar-refractivity contribution in [3.05, 3.63) is 59.0 Å². The number of aryl methyl sites for hydroxylation is 1. The number of nitrogens with zero attached hydrogens (tertiary/aromatic N) is 1. The lowest BCUT2D eigenvalue weighted by Crippen LogP contribution is -2.45. The van der Waals surface area contributed by atoms with E-state index in [2.05, 4.69) is 0 Å². The number of thiophene rings is 1. The summed E-state index contributed by atoms with van der Waals surface area (Å²) in [5, 5.41) is 1.04. The minimum atomic E-state index is -0.617. The van der Waals surface area contributed by atoms with Crippen LogP contribution in [0.25, 0.3) is 10.1 Å². The Balaban J connectivity index is 1.37. The normalized spacial score (nSPS) is 15.6. The van der Waals surface area contributed by atoms with E-state index in [0.29, 0.717) is 16.3 Å². The number of benzene rings is 2. The highest BCUT2D eigenvalue weighted by Gasteiger charge is 2.31. The van der Waals surface area contributed by atoms with E-state index in [-0.39, 0.29) is 31.3 Å². The molecule has 0 aliphatic carbocycles. The second-order valence-corrected chi connectivity index (χ2v) is 8.16. The zero-order chi connectivity index (χ0) is 21.3. The molecule has 0 saturated carbocycles. The highest BCUT2D eigenvalue weighted by molar-refractivity contribution is 7.21. The summed E-state index contributed by atoms with van der Waals surface area (Å²) >= 11 is 1.40. The molecular weight excluding hydrogens is 402 g/mol. The average Bonchev–Trinajstić information content (AvgIpc) is 3.09. The molecule has 0 bridgehead atoms. The topological polar surface area (TPSA) is 72.9 Å². The molecule has 6 nitrogen and oxygen atoms in total. The number of hydrogen-bond acceptors (Lipinski definition) is 6. The summed E-state index contributed by atoms with van der Waals surface area (Å²) in [6.45, 7) is 3.43. The van der Waals surface area contributed by atoms with Crippen LogP contribution in [0.4, 0.5) is 5.69 Å². The van der Waals surface area contributed by atoms with E-state index >= 15 is 0 Å². The van der Waals surface area contributed by atoms with Crippen LogP contribution in [0.2, 0.25) is 0 Å². The molecule has 1 aromatic heterocycles. The highest BCUT2D eigenvalue weighted by atomic mass is 32.1. The van der Waals surface area contributed by atoms with E-state index in [9.17, 15) is 14.4 Å². The van der Waals surface area contributed by atoms with Gasteiger partial charge >= 0.3 is 5.97 Å². The third-order valence-electron chi connectivity index (χ3n) is 5.07. The van der Waals surface area contributed by atoms with Crippen LogP contribution in [0.1, 0.15) is 28.6 Å². The van der Waals surface area contributed by atoms with Crippen LogP contribution in [0, 0.1) is 6.92 Å². The zero-order valence-electron chi connectivity index (χ0n) is 16.7. The van der Waals surface area contributed by atoms with Crippen LogP contribution in [0.5, 0.6) is 5.75 Å². The summed E-state index contributed by atoms with van der Waals surface area (Å²) in [5.41, 5.74) is 1.53. The van der Waals surface area contributed by atoms with Crippen molar-refractivity contribution >= 4 is 44.8 Å². The van der Waals surface area contributed by atoms with Gasteiger partial charge in [-0.2, -0.15) is 0 Å². The molecule has 3 aromatic rings. The number of carbonyl (C=O) groups excluding carboxylic acids is 3. The molecule has 1 aliphatic heterocycles. The lowest BCUT2D eigenvalue weighted by molar-refractivity contribution is -0.142. The quantitative estimate of drug-likeness (QED) is 0.440. The first-order valence-corrected chi connectivity index (χ1v) is 10.5. The Morgan fingerprint density at radius 3 is 2.67 bits per heavy atom. The Bertz CT molecular complexity index is 1140. The number of rotatable bonds is 6. The number of fused-ring (bicyclic) bond motifs is 2. The van der Waals surface area contributed by atoms with E-state index in [1.807, 2.05) is 43.3 Å². The van der Waals surface area contributed by atoms with Crippen molar-refractivity contribution in [1.82, 2.24) is 0 Å². The molecule has 1 unspecified atom stereocenters. The van der Waals surface area contributed by atoms with Gasteiger partial charge in [0.15, 0.2) is 12.7 Å². The first kappa shape index (κ1) is 20.1. The van der Waals surface area contributed by atoms with Gasteiger partial charge in [-0.1, -0.05) is 30.3 Å². The number of ether oxygens (including phenoxy) is 2. The molecule has 0 fully saturated rings. The molecule has 30 heavy (non-hydrogen) atoms. The van der Waals surface area contributed by atoms with Crippen LogP contribution in [0.3, 0.4) is 0 Å². The average molecular weight is 423 g/mol. The van der Waals surface area contributed by atoms with Gasteiger partial charge in [0.05, 0.1) is 17.0 Å². The number of esters is 1. The van der Waals surface area contributed by atoms with Crippen LogP contribution in [0.15, 0.2) is 48.5 Å². The van der Waals surface area contributed by atoms with E-state index in [4.69, 9.17) is 9.47 Å². The standard InChI is InChI=1S/C23H21NO5S/c1-14-16-7-3-6-10-20(16)30-22(14)18(25)13-28-21(26)11-12-24-17-8-4-5-9-19(17)29-15(2)23(24)27/h3-10,15H,11-13H2,1-2H3. The third kappa shape index (κ3) is 3.80. The molecule has 0 N–H and O–H groups in total. The summed E-state index contributed by atoms with van der Waals surface area (Å²) in [6, 6.07) is 15.0. The summed E-state index contributed by atoms with van der Waals surface area (Å²) in [6.07, 6.45) is -0.626. The summed E-state index contributed by atoms with van der Waals surface area (Å²) < 4.78 is 11.8. The molecule has 0 radical (unpaired) electrons. The van der Waals surface area contributed by atoms with Crippen molar-refractivity contribution in [2.24, 2.45) is 0 Å². The molecule has 7 heteroatoms. The Morgan fingerprint density at radius 2 is 1.87 bits per heavy atom. The number of amides is 1. The number of para-hydroxylation sites is 2. The Hall–Kier alpha value is -3.19. The number of anilines is 1. The SMILES string of the molecule is Cc1c(C(=O)COC(=O)CCN2C(=O)C(C)Oc3ccccc32)sc2ccccc12. The van der Waals surface area contributed by atoms with Gasteiger partial charge in [-0.25, -0.2) is 0 Å². The zero-order valence-corrected chi connectivity index (χ0v) is 17.5. The van der Waals surface area contributed by atoms with E-state index in [0.717, 1.165) is 15.6 Å². The largest absolute Gasteiger partial charge is 0.479 e.